The first-order chi connectivity index (χ1) is 8.25. The van der Waals surface area contributed by atoms with E-state index >= 15 is 0 Å². The SMILES string of the molecule is O=C1c2ccccc2CC1c1ccc(O)cc1. The normalized spacial score (nSPS) is 18.1. The number of ketones is 1. The molecule has 0 fully saturated rings. The molecule has 2 nitrogen and oxygen atoms in total. The van der Waals surface area contributed by atoms with Crippen molar-refractivity contribution in [2.75, 3.05) is 0 Å². The highest BCUT2D eigenvalue weighted by Crippen LogP contribution is 2.34. The number of fused-ring (bicyclic) bond motifs is 1. The lowest BCUT2D eigenvalue weighted by atomic mass is 9.95. The van der Waals surface area contributed by atoms with Gasteiger partial charge in [0.15, 0.2) is 5.78 Å². The van der Waals surface area contributed by atoms with Gasteiger partial charge in [-0.3, -0.25) is 4.79 Å². The van der Waals surface area contributed by atoms with Gasteiger partial charge in [0.25, 0.3) is 0 Å². The average Bonchev–Trinajstić information content (AvgIpc) is 2.69. The largest absolute Gasteiger partial charge is 0.508 e. The summed E-state index contributed by atoms with van der Waals surface area (Å²) in [5, 5.41) is 9.25. The second kappa shape index (κ2) is 3.74. The summed E-state index contributed by atoms with van der Waals surface area (Å²) >= 11 is 0. The van der Waals surface area contributed by atoms with Gasteiger partial charge in [-0.05, 0) is 29.7 Å². The van der Waals surface area contributed by atoms with E-state index in [9.17, 15) is 9.90 Å². The maximum Gasteiger partial charge on any atom is 0.170 e. The molecule has 0 radical (unpaired) electrons. The number of phenolic OH excluding ortho intramolecular Hbond substituents is 1. The molecule has 0 saturated heterocycles. The van der Waals surface area contributed by atoms with E-state index in [4.69, 9.17) is 0 Å². The quantitative estimate of drug-likeness (QED) is 0.808. The van der Waals surface area contributed by atoms with Crippen molar-refractivity contribution >= 4 is 5.78 Å². The van der Waals surface area contributed by atoms with Gasteiger partial charge in [0.1, 0.15) is 5.75 Å². The molecule has 1 atom stereocenters. The van der Waals surface area contributed by atoms with Crippen molar-refractivity contribution in [1.82, 2.24) is 0 Å². The van der Waals surface area contributed by atoms with E-state index in [-0.39, 0.29) is 17.5 Å². The van der Waals surface area contributed by atoms with E-state index in [1.165, 1.54) is 0 Å². The molecule has 2 aromatic rings. The lowest BCUT2D eigenvalue weighted by Gasteiger charge is -2.07. The molecule has 0 bridgehead atoms. The predicted octanol–water partition coefficient (Wildman–Crippen LogP) is 2.91. The molecule has 1 aliphatic carbocycles. The van der Waals surface area contributed by atoms with E-state index in [0.29, 0.717) is 0 Å². The predicted molar refractivity (Wildman–Crippen MR) is 65.3 cm³/mol. The Morgan fingerprint density at radius 1 is 1.00 bits per heavy atom. The molecule has 84 valence electrons. The summed E-state index contributed by atoms with van der Waals surface area (Å²) < 4.78 is 0. The molecule has 0 spiro atoms. The second-order valence-electron chi connectivity index (χ2n) is 4.37. The van der Waals surface area contributed by atoms with Gasteiger partial charge in [0.2, 0.25) is 0 Å². The fraction of sp³-hybridized carbons (Fsp3) is 0.133. The fourth-order valence-corrected chi connectivity index (χ4v) is 2.41. The first-order valence-corrected chi connectivity index (χ1v) is 5.67. The molecule has 17 heavy (non-hydrogen) atoms. The molecule has 0 saturated carbocycles. The second-order valence-corrected chi connectivity index (χ2v) is 4.37. The van der Waals surface area contributed by atoms with E-state index in [2.05, 4.69) is 0 Å². The number of hydrogen-bond donors (Lipinski definition) is 1. The van der Waals surface area contributed by atoms with Gasteiger partial charge >= 0.3 is 0 Å². The first-order valence-electron chi connectivity index (χ1n) is 5.67. The number of phenols is 1. The minimum absolute atomic E-state index is 0.0898. The monoisotopic (exact) mass is 224 g/mol. The van der Waals surface area contributed by atoms with Crippen LogP contribution in [0.5, 0.6) is 5.75 Å². The molecule has 0 amide bonds. The minimum atomic E-state index is -0.0898. The van der Waals surface area contributed by atoms with Crippen molar-refractivity contribution in [2.24, 2.45) is 0 Å². The number of hydrogen-bond acceptors (Lipinski definition) is 2. The molecule has 3 rings (SSSR count). The third-order valence-electron chi connectivity index (χ3n) is 3.32. The highest BCUT2D eigenvalue weighted by atomic mass is 16.3. The summed E-state index contributed by atoms with van der Waals surface area (Å²) in [4.78, 5) is 12.2. The number of carbonyl (C=O) groups excluding carboxylic acids is 1. The highest BCUT2D eigenvalue weighted by molar-refractivity contribution is 6.05. The maximum atomic E-state index is 12.2. The van der Waals surface area contributed by atoms with Gasteiger partial charge in [-0.1, -0.05) is 36.4 Å². The Morgan fingerprint density at radius 2 is 1.71 bits per heavy atom. The zero-order chi connectivity index (χ0) is 11.8. The Morgan fingerprint density at radius 3 is 2.41 bits per heavy atom. The number of Topliss-reactive ketones (excluding diaryl/α,β-unsaturated/α-hetero) is 1. The smallest absolute Gasteiger partial charge is 0.170 e. The van der Waals surface area contributed by atoms with Gasteiger partial charge in [0.05, 0.1) is 5.92 Å². The zero-order valence-electron chi connectivity index (χ0n) is 9.26. The van der Waals surface area contributed by atoms with Crippen molar-refractivity contribution in [3.8, 4) is 5.75 Å². The van der Waals surface area contributed by atoms with Gasteiger partial charge in [-0.2, -0.15) is 0 Å². The molecular weight excluding hydrogens is 212 g/mol. The van der Waals surface area contributed by atoms with E-state index < -0.39 is 0 Å². The van der Waals surface area contributed by atoms with Crippen LogP contribution in [0, 0.1) is 0 Å². The number of benzene rings is 2. The van der Waals surface area contributed by atoms with Crippen LogP contribution in [0.3, 0.4) is 0 Å². The average molecular weight is 224 g/mol. The Labute approximate surface area is 99.5 Å². The van der Waals surface area contributed by atoms with Gasteiger partial charge in [-0.15, -0.1) is 0 Å². The Hall–Kier alpha value is -2.09. The lowest BCUT2D eigenvalue weighted by Crippen LogP contribution is -2.06. The number of aromatic hydroxyl groups is 1. The van der Waals surface area contributed by atoms with Crippen molar-refractivity contribution in [2.45, 2.75) is 12.3 Å². The van der Waals surface area contributed by atoms with Gasteiger partial charge in [-0.25, -0.2) is 0 Å². The van der Waals surface area contributed by atoms with Crippen molar-refractivity contribution in [3.05, 3.63) is 65.2 Å². The van der Waals surface area contributed by atoms with Crippen LogP contribution in [0.1, 0.15) is 27.4 Å². The molecular formula is C15H12O2. The first kappa shape index (κ1) is 10.1. The molecule has 1 unspecified atom stereocenters. The molecule has 0 heterocycles. The summed E-state index contributed by atoms with van der Waals surface area (Å²) in [6, 6.07) is 14.7. The van der Waals surface area contributed by atoms with Crippen LogP contribution >= 0.6 is 0 Å². The maximum absolute atomic E-state index is 12.2. The summed E-state index contributed by atoms with van der Waals surface area (Å²) in [6.45, 7) is 0. The Bertz CT molecular complexity index is 570. The third-order valence-corrected chi connectivity index (χ3v) is 3.32. The van der Waals surface area contributed by atoms with Crippen molar-refractivity contribution in [1.29, 1.82) is 0 Å². The topological polar surface area (TPSA) is 37.3 Å². The molecule has 2 aromatic carbocycles. The van der Waals surface area contributed by atoms with Crippen molar-refractivity contribution < 1.29 is 9.90 Å². The molecule has 0 aliphatic heterocycles. The standard InChI is InChI=1S/C15H12O2/c16-12-7-5-10(6-8-12)14-9-11-3-1-2-4-13(11)15(14)17/h1-8,14,16H,9H2. The molecule has 1 N–H and O–H groups in total. The van der Waals surface area contributed by atoms with Crippen LogP contribution in [0.25, 0.3) is 0 Å². The van der Waals surface area contributed by atoms with Crippen LogP contribution in [-0.4, -0.2) is 10.9 Å². The molecule has 2 heteroatoms. The van der Waals surface area contributed by atoms with Gasteiger partial charge in [0, 0.05) is 5.56 Å². The summed E-state index contributed by atoms with van der Waals surface area (Å²) in [5.41, 5.74) is 2.94. The zero-order valence-corrected chi connectivity index (χ0v) is 9.26. The summed E-state index contributed by atoms with van der Waals surface area (Å²) in [6.07, 6.45) is 0.764. The van der Waals surface area contributed by atoms with Crippen molar-refractivity contribution in [3.63, 3.8) is 0 Å². The van der Waals surface area contributed by atoms with Crippen LogP contribution in [0.15, 0.2) is 48.5 Å². The highest BCUT2D eigenvalue weighted by Gasteiger charge is 2.30. The Kier molecular flexibility index (Phi) is 2.22. The fourth-order valence-electron chi connectivity index (χ4n) is 2.41. The number of rotatable bonds is 1. The number of carbonyl (C=O) groups is 1. The van der Waals surface area contributed by atoms with Crippen LogP contribution in [-0.2, 0) is 6.42 Å². The van der Waals surface area contributed by atoms with E-state index in [1.807, 2.05) is 36.4 Å². The molecule has 1 aliphatic rings. The third kappa shape index (κ3) is 1.62. The van der Waals surface area contributed by atoms with E-state index in [0.717, 1.165) is 23.1 Å². The van der Waals surface area contributed by atoms with Crippen LogP contribution in [0.4, 0.5) is 0 Å². The summed E-state index contributed by atoms with van der Waals surface area (Å²) in [7, 11) is 0. The minimum Gasteiger partial charge on any atom is -0.508 e. The summed E-state index contributed by atoms with van der Waals surface area (Å²) in [5.74, 6) is 0.330. The van der Waals surface area contributed by atoms with Gasteiger partial charge < -0.3 is 5.11 Å². The lowest BCUT2D eigenvalue weighted by molar-refractivity contribution is 0.0973. The van der Waals surface area contributed by atoms with Crippen LogP contribution in [0.2, 0.25) is 0 Å². The van der Waals surface area contributed by atoms with E-state index in [1.54, 1.807) is 12.1 Å². The Balaban J connectivity index is 1.99. The van der Waals surface area contributed by atoms with Crippen LogP contribution < -0.4 is 0 Å². The molecule has 0 aromatic heterocycles.